The predicted molar refractivity (Wildman–Crippen MR) is 88.6 cm³/mol. The lowest BCUT2D eigenvalue weighted by molar-refractivity contribution is -0.0925. The van der Waals surface area contributed by atoms with Crippen LogP contribution in [0.15, 0.2) is 51.7 Å². The fourth-order valence-electron chi connectivity index (χ4n) is 1.81. The molecule has 0 bridgehead atoms. The van der Waals surface area contributed by atoms with Gasteiger partial charge in [0, 0.05) is 34.7 Å². The summed E-state index contributed by atoms with van der Waals surface area (Å²) in [6.07, 6.45) is -2.55. The van der Waals surface area contributed by atoms with E-state index in [1.165, 1.54) is 19.2 Å². The average molecular weight is 401 g/mol. The van der Waals surface area contributed by atoms with E-state index in [-0.39, 0.29) is 11.4 Å². The van der Waals surface area contributed by atoms with Crippen LogP contribution in [0.2, 0.25) is 0 Å². The second-order valence-electron chi connectivity index (χ2n) is 4.72. The number of hydrogen-bond donors (Lipinski definition) is 2. The van der Waals surface area contributed by atoms with Gasteiger partial charge in [0.15, 0.2) is 0 Å². The number of amides is 1. The SMILES string of the molecule is CN=C(/C=C(\N)C(F)(F)F)NC(=O)c1ccc2cc(Br)cnc2c1. The number of rotatable bonds is 2. The molecule has 5 nitrogen and oxygen atoms in total. The van der Waals surface area contributed by atoms with Crippen LogP contribution < -0.4 is 11.1 Å². The maximum absolute atomic E-state index is 12.4. The average Bonchev–Trinajstić information content (AvgIpc) is 2.52. The molecule has 0 aliphatic carbocycles. The molecule has 2 rings (SSSR count). The Kier molecular flexibility index (Phi) is 5.23. The number of halogens is 4. The Balaban J connectivity index is 2.24. The Morgan fingerprint density at radius 1 is 1.38 bits per heavy atom. The van der Waals surface area contributed by atoms with Gasteiger partial charge in [-0.1, -0.05) is 6.07 Å². The van der Waals surface area contributed by atoms with Crippen LogP contribution in [0.1, 0.15) is 10.4 Å². The molecular weight excluding hydrogens is 389 g/mol. The number of benzene rings is 1. The number of pyridine rings is 1. The number of alkyl halides is 3. The molecule has 24 heavy (non-hydrogen) atoms. The Bertz CT molecular complexity index is 846. The molecule has 1 aromatic carbocycles. The number of aliphatic imine (C=N–C) groups is 1. The molecule has 1 aromatic heterocycles. The molecule has 0 spiro atoms. The van der Waals surface area contributed by atoms with Crippen molar-refractivity contribution in [3.8, 4) is 0 Å². The van der Waals surface area contributed by atoms with Crippen LogP contribution in [0.25, 0.3) is 10.9 Å². The number of nitrogens with two attached hydrogens (primary N) is 1. The summed E-state index contributed by atoms with van der Waals surface area (Å²) in [5.41, 5.74) is 4.38. The quantitative estimate of drug-likeness (QED) is 0.600. The molecule has 2 aromatic rings. The van der Waals surface area contributed by atoms with E-state index in [4.69, 9.17) is 5.73 Å². The van der Waals surface area contributed by atoms with Gasteiger partial charge in [-0.15, -0.1) is 0 Å². The number of carbonyl (C=O) groups excluding carboxylic acids is 1. The van der Waals surface area contributed by atoms with E-state index in [1.54, 1.807) is 12.3 Å². The number of amidine groups is 1. The van der Waals surface area contributed by atoms with Crippen molar-refractivity contribution < 1.29 is 18.0 Å². The van der Waals surface area contributed by atoms with Crippen LogP contribution in [0.5, 0.6) is 0 Å². The first-order valence-electron chi connectivity index (χ1n) is 6.58. The van der Waals surface area contributed by atoms with E-state index in [0.29, 0.717) is 11.6 Å². The van der Waals surface area contributed by atoms with Crippen molar-refractivity contribution in [3.63, 3.8) is 0 Å². The van der Waals surface area contributed by atoms with Crippen LogP contribution in [0, 0.1) is 0 Å². The normalized spacial score (nSPS) is 13.2. The van der Waals surface area contributed by atoms with Gasteiger partial charge < -0.3 is 11.1 Å². The van der Waals surface area contributed by atoms with Gasteiger partial charge in [0.05, 0.1) is 5.52 Å². The summed E-state index contributed by atoms with van der Waals surface area (Å²) in [4.78, 5) is 19.9. The molecule has 1 heterocycles. The lowest BCUT2D eigenvalue weighted by Crippen LogP contribution is -2.31. The van der Waals surface area contributed by atoms with Gasteiger partial charge in [-0.25, -0.2) is 0 Å². The Hall–Kier alpha value is -2.42. The summed E-state index contributed by atoms with van der Waals surface area (Å²) in [7, 11) is 1.25. The van der Waals surface area contributed by atoms with Gasteiger partial charge in [-0.3, -0.25) is 14.8 Å². The highest BCUT2D eigenvalue weighted by molar-refractivity contribution is 9.10. The Morgan fingerprint density at radius 2 is 2.08 bits per heavy atom. The van der Waals surface area contributed by atoms with Crippen molar-refractivity contribution >= 4 is 38.6 Å². The summed E-state index contributed by atoms with van der Waals surface area (Å²) < 4.78 is 38.1. The van der Waals surface area contributed by atoms with Crippen molar-refractivity contribution in [1.82, 2.24) is 10.3 Å². The maximum atomic E-state index is 12.4. The molecule has 0 fully saturated rings. The van der Waals surface area contributed by atoms with Crippen molar-refractivity contribution in [2.45, 2.75) is 6.18 Å². The maximum Gasteiger partial charge on any atom is 0.430 e. The molecule has 0 unspecified atom stereocenters. The molecule has 0 radical (unpaired) electrons. The van der Waals surface area contributed by atoms with E-state index >= 15 is 0 Å². The van der Waals surface area contributed by atoms with E-state index in [1.807, 2.05) is 6.07 Å². The largest absolute Gasteiger partial charge is 0.430 e. The molecule has 0 saturated carbocycles. The first kappa shape index (κ1) is 17.9. The van der Waals surface area contributed by atoms with E-state index in [2.05, 4.69) is 31.2 Å². The van der Waals surface area contributed by atoms with Gasteiger partial charge in [0.2, 0.25) is 0 Å². The molecule has 9 heteroatoms. The molecule has 3 N–H and O–H groups in total. The number of nitrogens with one attached hydrogen (secondary N) is 1. The fraction of sp³-hybridized carbons (Fsp3) is 0.133. The zero-order valence-corrected chi connectivity index (χ0v) is 13.9. The van der Waals surface area contributed by atoms with Crippen LogP contribution in [-0.4, -0.2) is 30.0 Å². The van der Waals surface area contributed by atoms with Gasteiger partial charge >= 0.3 is 6.18 Å². The first-order valence-corrected chi connectivity index (χ1v) is 7.38. The molecular formula is C15H12BrF3N4O. The molecule has 0 saturated heterocycles. The molecule has 1 amide bonds. The lowest BCUT2D eigenvalue weighted by atomic mass is 10.1. The number of nitrogens with zero attached hydrogens (tertiary/aromatic N) is 2. The number of aromatic nitrogens is 1. The van der Waals surface area contributed by atoms with E-state index in [9.17, 15) is 18.0 Å². The zero-order valence-electron chi connectivity index (χ0n) is 12.4. The van der Waals surface area contributed by atoms with Crippen molar-refractivity contribution in [3.05, 3.63) is 52.3 Å². The minimum absolute atomic E-state index is 0.234. The summed E-state index contributed by atoms with van der Waals surface area (Å²) in [6.45, 7) is 0. The Labute approximate surface area is 143 Å². The zero-order chi connectivity index (χ0) is 17.9. The molecule has 0 atom stereocenters. The standard InChI is InChI=1S/C15H12BrF3N4O/c1-21-13(6-12(20)15(17,18)19)23-14(24)9-3-2-8-4-10(16)7-22-11(8)5-9/h2-7H,20H2,1H3,(H,21,23,24)/b12-6-. The third-order valence-corrected chi connectivity index (χ3v) is 3.45. The monoisotopic (exact) mass is 400 g/mol. The highest BCUT2D eigenvalue weighted by Crippen LogP contribution is 2.21. The lowest BCUT2D eigenvalue weighted by Gasteiger charge is -2.09. The van der Waals surface area contributed by atoms with Gasteiger partial charge in [0.1, 0.15) is 11.5 Å². The smallest absolute Gasteiger partial charge is 0.395 e. The summed E-state index contributed by atoms with van der Waals surface area (Å²) in [5, 5.41) is 3.09. The predicted octanol–water partition coefficient (Wildman–Crippen LogP) is 3.16. The van der Waals surface area contributed by atoms with Gasteiger partial charge in [0.25, 0.3) is 5.91 Å². The number of hydrogen-bond acceptors (Lipinski definition) is 4. The molecule has 126 valence electrons. The summed E-state index contributed by atoms with van der Waals surface area (Å²) in [5.74, 6) is -0.910. The topological polar surface area (TPSA) is 80.4 Å². The molecule has 0 aliphatic heterocycles. The highest BCUT2D eigenvalue weighted by Gasteiger charge is 2.31. The second-order valence-corrected chi connectivity index (χ2v) is 5.64. The fourth-order valence-corrected chi connectivity index (χ4v) is 2.16. The van der Waals surface area contributed by atoms with E-state index < -0.39 is 17.8 Å². The van der Waals surface area contributed by atoms with E-state index in [0.717, 1.165) is 9.86 Å². The van der Waals surface area contributed by atoms with Crippen LogP contribution in [-0.2, 0) is 0 Å². The van der Waals surface area contributed by atoms with Crippen molar-refractivity contribution in [2.24, 2.45) is 10.7 Å². The minimum Gasteiger partial charge on any atom is -0.395 e. The number of fused-ring (bicyclic) bond motifs is 1. The minimum atomic E-state index is -4.69. The molecule has 0 aliphatic rings. The summed E-state index contributed by atoms with van der Waals surface area (Å²) >= 11 is 3.29. The highest BCUT2D eigenvalue weighted by atomic mass is 79.9. The van der Waals surface area contributed by atoms with Crippen LogP contribution in [0.4, 0.5) is 13.2 Å². The van der Waals surface area contributed by atoms with Gasteiger partial charge in [-0.2, -0.15) is 13.2 Å². The van der Waals surface area contributed by atoms with Crippen molar-refractivity contribution in [2.75, 3.05) is 7.05 Å². The van der Waals surface area contributed by atoms with Crippen LogP contribution >= 0.6 is 15.9 Å². The first-order chi connectivity index (χ1) is 11.2. The second kappa shape index (κ2) is 7.00. The Morgan fingerprint density at radius 3 is 2.71 bits per heavy atom. The summed E-state index contributed by atoms with van der Waals surface area (Å²) in [6, 6.07) is 6.58. The number of carbonyl (C=O) groups is 1. The third-order valence-electron chi connectivity index (χ3n) is 3.02. The van der Waals surface area contributed by atoms with Gasteiger partial charge in [-0.05, 0) is 34.1 Å². The van der Waals surface area contributed by atoms with Crippen LogP contribution in [0.3, 0.4) is 0 Å². The van der Waals surface area contributed by atoms with Crippen molar-refractivity contribution in [1.29, 1.82) is 0 Å². The third kappa shape index (κ3) is 4.31. The number of allylic oxidation sites excluding steroid dienone is 1.